The van der Waals surface area contributed by atoms with E-state index in [-0.39, 0.29) is 5.69 Å². The monoisotopic (exact) mass is 354 g/mol. The number of sulfonamides is 1. The van der Waals surface area contributed by atoms with E-state index in [0.29, 0.717) is 32.0 Å². The van der Waals surface area contributed by atoms with Gasteiger partial charge in [-0.3, -0.25) is 4.72 Å². The molecule has 1 fully saturated rings. The number of nitrogens with one attached hydrogen (secondary N) is 1. The molecule has 0 saturated carbocycles. The van der Waals surface area contributed by atoms with Crippen LogP contribution in [-0.4, -0.2) is 34.7 Å². The van der Waals surface area contributed by atoms with Crippen LogP contribution in [0, 0.1) is 11.6 Å². The van der Waals surface area contributed by atoms with Crippen LogP contribution in [0.15, 0.2) is 47.4 Å². The largest absolute Gasteiger partial charge is 0.378 e. The molecule has 2 aromatic carbocycles. The lowest BCUT2D eigenvalue weighted by atomic mass is 10.2. The molecule has 24 heavy (non-hydrogen) atoms. The fourth-order valence-corrected chi connectivity index (χ4v) is 3.79. The molecule has 1 saturated heterocycles. The molecule has 5 nitrogen and oxygen atoms in total. The van der Waals surface area contributed by atoms with Gasteiger partial charge in [0.25, 0.3) is 10.0 Å². The summed E-state index contributed by atoms with van der Waals surface area (Å²) in [5.74, 6) is -2.27. The van der Waals surface area contributed by atoms with Gasteiger partial charge in [-0.15, -0.1) is 0 Å². The number of nitrogens with zero attached hydrogens (tertiary/aromatic N) is 1. The lowest BCUT2D eigenvalue weighted by molar-refractivity contribution is 0.123. The van der Waals surface area contributed by atoms with Gasteiger partial charge in [-0.05, 0) is 24.3 Å². The minimum absolute atomic E-state index is 0.266. The molecular formula is C16H16F2N2O3S. The van der Waals surface area contributed by atoms with Crippen molar-refractivity contribution in [2.75, 3.05) is 35.9 Å². The summed E-state index contributed by atoms with van der Waals surface area (Å²) in [5, 5.41) is 0. The van der Waals surface area contributed by atoms with Crippen LogP contribution in [0.25, 0.3) is 0 Å². The highest BCUT2D eigenvalue weighted by Crippen LogP contribution is 2.29. The zero-order chi connectivity index (χ0) is 17.2. The zero-order valence-corrected chi connectivity index (χ0v) is 13.5. The highest BCUT2D eigenvalue weighted by atomic mass is 32.2. The zero-order valence-electron chi connectivity index (χ0n) is 12.7. The van der Waals surface area contributed by atoms with Gasteiger partial charge >= 0.3 is 0 Å². The lowest BCUT2D eigenvalue weighted by Gasteiger charge is -2.30. The summed E-state index contributed by atoms with van der Waals surface area (Å²) < 4.78 is 60.1. The third-order valence-electron chi connectivity index (χ3n) is 3.69. The van der Waals surface area contributed by atoms with Crippen LogP contribution in [0.4, 0.5) is 20.2 Å². The smallest absolute Gasteiger partial charge is 0.267 e. The minimum atomic E-state index is -4.39. The number of morpholine rings is 1. The van der Waals surface area contributed by atoms with Crippen molar-refractivity contribution in [1.82, 2.24) is 0 Å². The maximum absolute atomic E-state index is 13.8. The van der Waals surface area contributed by atoms with E-state index in [0.717, 1.165) is 18.2 Å². The molecule has 3 rings (SSSR count). The topological polar surface area (TPSA) is 58.6 Å². The van der Waals surface area contributed by atoms with Gasteiger partial charge in [0.2, 0.25) is 0 Å². The van der Waals surface area contributed by atoms with Crippen molar-refractivity contribution in [3.8, 4) is 0 Å². The predicted molar refractivity (Wildman–Crippen MR) is 86.6 cm³/mol. The standard InChI is InChI=1S/C16H16F2N2O3S/c17-12-4-3-5-13(18)16(12)24(21,22)19-14-6-1-2-7-15(14)20-8-10-23-11-9-20/h1-7,19H,8-11H2. The number of para-hydroxylation sites is 2. The fraction of sp³-hybridized carbons (Fsp3) is 0.250. The van der Waals surface area contributed by atoms with E-state index in [9.17, 15) is 17.2 Å². The first kappa shape index (κ1) is 16.7. The van der Waals surface area contributed by atoms with Gasteiger partial charge in [0.05, 0.1) is 24.6 Å². The summed E-state index contributed by atoms with van der Waals surface area (Å²) in [6.45, 7) is 2.27. The Morgan fingerprint density at radius 1 is 0.958 bits per heavy atom. The summed E-state index contributed by atoms with van der Waals surface area (Å²) >= 11 is 0. The fourth-order valence-electron chi connectivity index (χ4n) is 2.57. The molecule has 0 amide bonds. The Labute approximate surface area is 138 Å². The van der Waals surface area contributed by atoms with Crippen molar-refractivity contribution < 1.29 is 21.9 Å². The van der Waals surface area contributed by atoms with Crippen LogP contribution in [0.3, 0.4) is 0 Å². The Hall–Kier alpha value is -2.19. The molecule has 0 bridgehead atoms. The third-order valence-corrected chi connectivity index (χ3v) is 5.10. The molecule has 0 aliphatic carbocycles. The summed E-state index contributed by atoms with van der Waals surface area (Å²) in [6, 6.07) is 9.66. The van der Waals surface area contributed by atoms with Crippen LogP contribution in [0.2, 0.25) is 0 Å². The molecule has 2 aromatic rings. The number of hydrogen-bond donors (Lipinski definition) is 1. The van der Waals surface area contributed by atoms with Crippen molar-refractivity contribution >= 4 is 21.4 Å². The van der Waals surface area contributed by atoms with Crippen LogP contribution >= 0.6 is 0 Å². The van der Waals surface area contributed by atoms with E-state index in [1.54, 1.807) is 24.3 Å². The molecule has 0 radical (unpaired) electrons. The highest BCUT2D eigenvalue weighted by molar-refractivity contribution is 7.92. The van der Waals surface area contributed by atoms with Gasteiger partial charge in [0, 0.05) is 13.1 Å². The van der Waals surface area contributed by atoms with E-state index in [1.165, 1.54) is 0 Å². The minimum Gasteiger partial charge on any atom is -0.378 e. The second-order valence-electron chi connectivity index (χ2n) is 5.27. The van der Waals surface area contributed by atoms with Crippen molar-refractivity contribution in [3.63, 3.8) is 0 Å². The number of ether oxygens (including phenoxy) is 1. The summed E-state index contributed by atoms with van der Waals surface area (Å²) in [4.78, 5) is 0.973. The number of hydrogen-bond acceptors (Lipinski definition) is 4. The van der Waals surface area contributed by atoms with E-state index in [2.05, 4.69) is 4.72 Å². The summed E-state index contributed by atoms with van der Waals surface area (Å²) in [6.07, 6.45) is 0. The first-order valence-corrected chi connectivity index (χ1v) is 8.86. The maximum Gasteiger partial charge on any atom is 0.267 e. The second-order valence-corrected chi connectivity index (χ2v) is 6.89. The second kappa shape index (κ2) is 6.74. The quantitative estimate of drug-likeness (QED) is 0.917. The van der Waals surface area contributed by atoms with Gasteiger partial charge in [0.1, 0.15) is 11.6 Å². The third kappa shape index (κ3) is 3.34. The Morgan fingerprint density at radius 2 is 1.58 bits per heavy atom. The molecule has 0 spiro atoms. The van der Waals surface area contributed by atoms with Gasteiger partial charge < -0.3 is 9.64 Å². The lowest BCUT2D eigenvalue weighted by Crippen LogP contribution is -2.36. The molecule has 1 aliphatic heterocycles. The van der Waals surface area contributed by atoms with Crippen LogP contribution in [-0.2, 0) is 14.8 Å². The Morgan fingerprint density at radius 3 is 2.25 bits per heavy atom. The maximum atomic E-state index is 13.8. The average molecular weight is 354 g/mol. The number of halogens is 2. The Balaban J connectivity index is 1.96. The van der Waals surface area contributed by atoms with Crippen molar-refractivity contribution in [1.29, 1.82) is 0 Å². The average Bonchev–Trinajstić information content (AvgIpc) is 2.55. The van der Waals surface area contributed by atoms with E-state index >= 15 is 0 Å². The molecule has 128 valence electrons. The van der Waals surface area contributed by atoms with Crippen molar-refractivity contribution in [3.05, 3.63) is 54.1 Å². The van der Waals surface area contributed by atoms with Gasteiger partial charge in [-0.1, -0.05) is 18.2 Å². The van der Waals surface area contributed by atoms with Crippen molar-refractivity contribution in [2.45, 2.75) is 4.90 Å². The number of rotatable bonds is 4. The van der Waals surface area contributed by atoms with Crippen molar-refractivity contribution in [2.24, 2.45) is 0 Å². The van der Waals surface area contributed by atoms with E-state index in [1.807, 2.05) is 4.90 Å². The first-order chi connectivity index (χ1) is 11.5. The summed E-state index contributed by atoms with van der Waals surface area (Å²) in [7, 11) is -4.39. The highest BCUT2D eigenvalue weighted by Gasteiger charge is 2.25. The number of benzene rings is 2. The molecule has 1 heterocycles. The molecule has 0 aromatic heterocycles. The molecular weight excluding hydrogens is 338 g/mol. The molecule has 1 N–H and O–H groups in total. The molecule has 8 heteroatoms. The van der Waals surface area contributed by atoms with Gasteiger partial charge in [-0.25, -0.2) is 17.2 Å². The SMILES string of the molecule is O=S(=O)(Nc1ccccc1N1CCOCC1)c1c(F)cccc1F. The Kier molecular flexibility index (Phi) is 4.68. The summed E-state index contributed by atoms with van der Waals surface area (Å²) in [5.41, 5.74) is 0.906. The van der Waals surface area contributed by atoms with Gasteiger partial charge in [-0.2, -0.15) is 0 Å². The van der Waals surface area contributed by atoms with E-state index in [4.69, 9.17) is 4.74 Å². The first-order valence-electron chi connectivity index (χ1n) is 7.37. The van der Waals surface area contributed by atoms with Crippen LogP contribution in [0.1, 0.15) is 0 Å². The Bertz CT molecular complexity index is 817. The predicted octanol–water partition coefficient (Wildman–Crippen LogP) is 2.60. The van der Waals surface area contributed by atoms with Gasteiger partial charge in [0.15, 0.2) is 4.90 Å². The number of anilines is 2. The molecule has 0 unspecified atom stereocenters. The van der Waals surface area contributed by atoms with E-state index < -0.39 is 26.6 Å². The van der Waals surface area contributed by atoms with Crippen LogP contribution in [0.5, 0.6) is 0 Å². The molecule has 1 aliphatic rings. The normalized spacial score (nSPS) is 15.3. The molecule has 0 atom stereocenters. The van der Waals surface area contributed by atoms with Crippen LogP contribution < -0.4 is 9.62 Å².